The number of carbonyl (C=O) groups is 1. The molecule has 4 rings (SSSR count). The largest absolute Gasteiger partial charge is 0.380 e. The van der Waals surface area contributed by atoms with Gasteiger partial charge in [0.25, 0.3) is 0 Å². The molecule has 0 bridgehead atoms. The van der Waals surface area contributed by atoms with E-state index in [4.69, 9.17) is 14.2 Å². The summed E-state index contributed by atoms with van der Waals surface area (Å²) < 4.78 is 17.5. The van der Waals surface area contributed by atoms with Gasteiger partial charge in [-0.2, -0.15) is 0 Å². The number of likely N-dealkylation sites (tertiary alicyclic amines) is 2. The molecule has 0 radical (unpaired) electrons. The molecule has 0 spiro atoms. The fraction of sp³-hybridized carbons (Fsp3) is 0.944. The number of ether oxygens (including phenoxy) is 3. The lowest BCUT2D eigenvalue weighted by atomic mass is 9.98. The van der Waals surface area contributed by atoms with E-state index in [1.165, 1.54) is 6.42 Å². The SMILES string of the molecule is O=C(COC[C@H]1CC[C@H]2[C@H](CCN2[C@H]2CCOC2)O1)N1CCCC1. The van der Waals surface area contributed by atoms with Crippen LogP contribution in [0.25, 0.3) is 0 Å². The van der Waals surface area contributed by atoms with E-state index in [0.717, 1.165) is 65.0 Å². The first-order chi connectivity index (χ1) is 11.8. The second-order valence-electron chi connectivity index (χ2n) is 7.59. The summed E-state index contributed by atoms with van der Waals surface area (Å²) in [5.74, 6) is 0.134. The van der Waals surface area contributed by atoms with Crippen molar-refractivity contribution in [3.05, 3.63) is 0 Å². The zero-order valence-corrected chi connectivity index (χ0v) is 14.5. The summed E-state index contributed by atoms with van der Waals surface area (Å²) in [5, 5.41) is 0. The summed E-state index contributed by atoms with van der Waals surface area (Å²) in [4.78, 5) is 16.5. The Morgan fingerprint density at radius 3 is 2.75 bits per heavy atom. The number of nitrogens with zero attached hydrogens (tertiary/aromatic N) is 2. The van der Waals surface area contributed by atoms with Crippen LogP contribution in [0.4, 0.5) is 0 Å². The van der Waals surface area contributed by atoms with Gasteiger partial charge in [-0.25, -0.2) is 0 Å². The highest BCUT2D eigenvalue weighted by Crippen LogP contribution is 2.34. The van der Waals surface area contributed by atoms with Gasteiger partial charge >= 0.3 is 0 Å². The second-order valence-corrected chi connectivity index (χ2v) is 7.59. The van der Waals surface area contributed by atoms with Crippen molar-refractivity contribution in [3.63, 3.8) is 0 Å². The molecule has 1 amide bonds. The molecule has 4 aliphatic rings. The monoisotopic (exact) mass is 338 g/mol. The smallest absolute Gasteiger partial charge is 0.248 e. The molecule has 136 valence electrons. The molecule has 0 aliphatic carbocycles. The molecule has 0 aromatic carbocycles. The summed E-state index contributed by atoms with van der Waals surface area (Å²) in [6.45, 7) is 5.47. The average molecular weight is 338 g/mol. The molecule has 0 N–H and O–H groups in total. The van der Waals surface area contributed by atoms with Crippen molar-refractivity contribution in [1.29, 1.82) is 0 Å². The van der Waals surface area contributed by atoms with Crippen LogP contribution in [0.3, 0.4) is 0 Å². The van der Waals surface area contributed by atoms with Crippen molar-refractivity contribution < 1.29 is 19.0 Å². The van der Waals surface area contributed by atoms with E-state index in [1.54, 1.807) is 0 Å². The van der Waals surface area contributed by atoms with Crippen LogP contribution in [0.2, 0.25) is 0 Å². The second kappa shape index (κ2) is 7.68. The molecule has 4 atom stereocenters. The highest BCUT2D eigenvalue weighted by molar-refractivity contribution is 5.77. The van der Waals surface area contributed by atoms with Gasteiger partial charge in [-0.15, -0.1) is 0 Å². The van der Waals surface area contributed by atoms with E-state index >= 15 is 0 Å². The van der Waals surface area contributed by atoms with E-state index in [2.05, 4.69) is 4.90 Å². The van der Waals surface area contributed by atoms with Crippen LogP contribution >= 0.6 is 0 Å². The number of fused-ring (bicyclic) bond motifs is 1. The predicted molar refractivity (Wildman–Crippen MR) is 88.9 cm³/mol. The highest BCUT2D eigenvalue weighted by Gasteiger charge is 2.43. The number of rotatable bonds is 5. The van der Waals surface area contributed by atoms with Crippen LogP contribution in [-0.2, 0) is 19.0 Å². The van der Waals surface area contributed by atoms with Crippen LogP contribution in [-0.4, -0.2) is 86.1 Å². The van der Waals surface area contributed by atoms with Gasteiger partial charge in [0.05, 0.1) is 25.4 Å². The Bertz CT molecular complexity index is 435. The first-order valence-electron chi connectivity index (χ1n) is 9.66. The van der Waals surface area contributed by atoms with Crippen LogP contribution in [0.15, 0.2) is 0 Å². The summed E-state index contributed by atoms with van der Waals surface area (Å²) in [5.41, 5.74) is 0. The first-order valence-corrected chi connectivity index (χ1v) is 9.66. The maximum Gasteiger partial charge on any atom is 0.248 e. The summed E-state index contributed by atoms with van der Waals surface area (Å²) in [7, 11) is 0. The predicted octanol–water partition coefficient (Wildman–Crippen LogP) is 1.04. The lowest BCUT2D eigenvalue weighted by molar-refractivity contribution is -0.139. The van der Waals surface area contributed by atoms with Gasteiger partial charge in [0.2, 0.25) is 5.91 Å². The van der Waals surface area contributed by atoms with E-state index in [9.17, 15) is 4.79 Å². The Balaban J connectivity index is 1.19. The lowest BCUT2D eigenvalue weighted by Crippen LogP contribution is -2.47. The summed E-state index contributed by atoms with van der Waals surface area (Å²) >= 11 is 0. The maximum absolute atomic E-state index is 12.0. The van der Waals surface area contributed by atoms with Gasteiger partial charge in [-0.3, -0.25) is 9.69 Å². The molecule has 6 heteroatoms. The quantitative estimate of drug-likeness (QED) is 0.750. The topological polar surface area (TPSA) is 51.2 Å². The van der Waals surface area contributed by atoms with Crippen molar-refractivity contribution in [2.75, 3.05) is 46.1 Å². The fourth-order valence-corrected chi connectivity index (χ4v) is 4.73. The molecule has 4 saturated heterocycles. The molecule has 0 unspecified atom stereocenters. The average Bonchev–Trinajstić information content (AvgIpc) is 3.34. The molecule has 0 aromatic rings. The number of hydrogen-bond donors (Lipinski definition) is 0. The fourth-order valence-electron chi connectivity index (χ4n) is 4.73. The summed E-state index contributed by atoms with van der Waals surface area (Å²) in [6.07, 6.45) is 7.23. The standard InChI is InChI=1S/C18H30N2O4/c21-18(19-7-1-2-8-19)13-23-12-15-3-4-16-17(24-15)5-9-20(16)14-6-10-22-11-14/h14-17H,1-13H2/t14-,15+,16-,17-/m0/s1. The molecule has 0 aromatic heterocycles. The van der Waals surface area contributed by atoms with Gasteiger partial charge in [-0.1, -0.05) is 0 Å². The number of hydrogen-bond acceptors (Lipinski definition) is 5. The minimum absolute atomic E-state index is 0.134. The van der Waals surface area contributed by atoms with Gasteiger partial charge in [0, 0.05) is 38.3 Å². The Morgan fingerprint density at radius 1 is 1.08 bits per heavy atom. The minimum atomic E-state index is 0.134. The molecule has 6 nitrogen and oxygen atoms in total. The Labute approximate surface area is 144 Å². The third-order valence-electron chi connectivity index (χ3n) is 6.04. The number of carbonyl (C=O) groups excluding carboxylic acids is 1. The molecule has 0 saturated carbocycles. The Kier molecular flexibility index (Phi) is 5.37. The third kappa shape index (κ3) is 3.62. The van der Waals surface area contributed by atoms with Crippen molar-refractivity contribution in [2.45, 2.75) is 62.8 Å². The molecule has 4 heterocycles. The van der Waals surface area contributed by atoms with E-state index in [0.29, 0.717) is 24.8 Å². The van der Waals surface area contributed by atoms with Gasteiger partial charge in [0.15, 0.2) is 0 Å². The molecule has 4 aliphatic heterocycles. The van der Waals surface area contributed by atoms with E-state index in [1.807, 2.05) is 4.90 Å². The zero-order chi connectivity index (χ0) is 16.4. The number of amides is 1. The van der Waals surface area contributed by atoms with Crippen molar-refractivity contribution in [2.24, 2.45) is 0 Å². The third-order valence-corrected chi connectivity index (χ3v) is 6.04. The normalized spacial score (nSPS) is 37.1. The van der Waals surface area contributed by atoms with Crippen LogP contribution in [0.5, 0.6) is 0 Å². The van der Waals surface area contributed by atoms with E-state index in [-0.39, 0.29) is 18.6 Å². The molecule has 24 heavy (non-hydrogen) atoms. The highest BCUT2D eigenvalue weighted by atomic mass is 16.5. The van der Waals surface area contributed by atoms with Crippen LogP contribution in [0, 0.1) is 0 Å². The van der Waals surface area contributed by atoms with Crippen molar-refractivity contribution in [3.8, 4) is 0 Å². The van der Waals surface area contributed by atoms with Crippen LogP contribution in [0.1, 0.15) is 38.5 Å². The van der Waals surface area contributed by atoms with Crippen molar-refractivity contribution in [1.82, 2.24) is 9.80 Å². The zero-order valence-electron chi connectivity index (χ0n) is 14.5. The Hall–Kier alpha value is -0.690. The van der Waals surface area contributed by atoms with Gasteiger partial charge in [-0.05, 0) is 38.5 Å². The molecule has 4 fully saturated rings. The molecular weight excluding hydrogens is 308 g/mol. The Morgan fingerprint density at radius 2 is 1.96 bits per heavy atom. The summed E-state index contributed by atoms with van der Waals surface area (Å²) in [6, 6.07) is 1.15. The minimum Gasteiger partial charge on any atom is -0.380 e. The maximum atomic E-state index is 12.0. The van der Waals surface area contributed by atoms with E-state index < -0.39 is 0 Å². The lowest BCUT2D eigenvalue weighted by Gasteiger charge is -2.38. The van der Waals surface area contributed by atoms with Gasteiger partial charge in [0.1, 0.15) is 6.61 Å². The molecular formula is C18H30N2O4. The van der Waals surface area contributed by atoms with Crippen molar-refractivity contribution >= 4 is 5.91 Å². The van der Waals surface area contributed by atoms with Gasteiger partial charge < -0.3 is 19.1 Å². The first kappa shape index (κ1) is 16.8. The van der Waals surface area contributed by atoms with Crippen LogP contribution < -0.4 is 0 Å².